The second-order valence-electron chi connectivity index (χ2n) is 2.01. The number of nitrogens with zero attached hydrogens (tertiary/aromatic N) is 1. The van der Waals surface area contributed by atoms with Crippen molar-refractivity contribution in [3.63, 3.8) is 0 Å². The van der Waals surface area contributed by atoms with Crippen LogP contribution >= 0.6 is 9.24 Å². The molecule has 0 aromatic carbocycles. The fourth-order valence-corrected chi connectivity index (χ4v) is 1.19. The van der Waals surface area contributed by atoms with Crippen molar-refractivity contribution in [1.29, 1.82) is 0 Å². The van der Waals surface area contributed by atoms with Gasteiger partial charge in [0.05, 0.1) is 0 Å². The molecule has 0 amide bonds. The molecular weight excluding hydrogens is 105 g/mol. The third-order valence-electron chi connectivity index (χ3n) is 1.20. The van der Waals surface area contributed by atoms with Crippen LogP contribution in [0.15, 0.2) is 4.99 Å². The standard InChI is InChI=1S/C5H10NP/c1-4-2-3-5(7)6-4/h4H,2-3,7H2,1H3. The minimum atomic E-state index is 0.590. The van der Waals surface area contributed by atoms with E-state index < -0.39 is 0 Å². The third kappa shape index (κ3) is 1.24. The van der Waals surface area contributed by atoms with E-state index in [4.69, 9.17) is 0 Å². The smallest absolute Gasteiger partial charge is 0.0478 e. The van der Waals surface area contributed by atoms with Crippen LogP contribution in [0.5, 0.6) is 0 Å². The van der Waals surface area contributed by atoms with Crippen LogP contribution in [-0.4, -0.2) is 11.5 Å². The monoisotopic (exact) mass is 115 g/mol. The Hall–Kier alpha value is 0.100. The van der Waals surface area contributed by atoms with E-state index in [0.717, 1.165) is 0 Å². The second-order valence-corrected chi connectivity index (χ2v) is 2.67. The van der Waals surface area contributed by atoms with Crippen LogP contribution in [0.4, 0.5) is 0 Å². The molecule has 2 atom stereocenters. The van der Waals surface area contributed by atoms with Crippen molar-refractivity contribution in [2.24, 2.45) is 4.99 Å². The normalized spacial score (nSPS) is 30.6. The fourth-order valence-electron chi connectivity index (χ4n) is 0.769. The molecule has 0 aliphatic carbocycles. The molecule has 0 fully saturated rings. The zero-order chi connectivity index (χ0) is 5.28. The lowest BCUT2D eigenvalue weighted by molar-refractivity contribution is 0.739. The molecule has 7 heavy (non-hydrogen) atoms. The average molecular weight is 115 g/mol. The molecule has 0 aromatic rings. The summed E-state index contributed by atoms with van der Waals surface area (Å²) in [5.41, 5.74) is 1.24. The van der Waals surface area contributed by atoms with E-state index in [9.17, 15) is 0 Å². The number of hydrogen-bond donors (Lipinski definition) is 0. The molecule has 1 nitrogen and oxygen atoms in total. The highest BCUT2D eigenvalue weighted by atomic mass is 31.0. The van der Waals surface area contributed by atoms with Crippen LogP contribution in [0.25, 0.3) is 0 Å². The minimum Gasteiger partial charge on any atom is -0.287 e. The van der Waals surface area contributed by atoms with Gasteiger partial charge in [0.1, 0.15) is 0 Å². The maximum Gasteiger partial charge on any atom is 0.0478 e. The molecule has 0 bridgehead atoms. The lowest BCUT2D eigenvalue weighted by atomic mass is 10.2. The Bertz CT molecular complexity index is 98.3. The average Bonchev–Trinajstić information content (AvgIpc) is 1.87. The van der Waals surface area contributed by atoms with Gasteiger partial charge in [-0.1, -0.05) is 9.24 Å². The molecule has 0 radical (unpaired) electrons. The van der Waals surface area contributed by atoms with Crippen molar-refractivity contribution in [1.82, 2.24) is 0 Å². The van der Waals surface area contributed by atoms with Gasteiger partial charge in [0.2, 0.25) is 0 Å². The Labute approximate surface area is 46.4 Å². The van der Waals surface area contributed by atoms with E-state index in [1.165, 1.54) is 18.3 Å². The van der Waals surface area contributed by atoms with Gasteiger partial charge in [-0.15, -0.1) is 0 Å². The van der Waals surface area contributed by atoms with Crippen molar-refractivity contribution >= 4 is 14.7 Å². The van der Waals surface area contributed by atoms with E-state index in [1.807, 2.05) is 0 Å². The van der Waals surface area contributed by atoms with Gasteiger partial charge in [0, 0.05) is 11.5 Å². The van der Waals surface area contributed by atoms with Crippen LogP contribution in [-0.2, 0) is 0 Å². The highest BCUT2D eigenvalue weighted by Gasteiger charge is 2.07. The molecule has 0 saturated carbocycles. The minimum absolute atomic E-state index is 0.590. The zero-order valence-corrected chi connectivity index (χ0v) is 5.67. The Kier molecular flexibility index (Phi) is 1.43. The number of aliphatic imine (C=N–C) groups is 1. The van der Waals surface area contributed by atoms with Crippen LogP contribution in [0, 0.1) is 0 Å². The summed E-state index contributed by atoms with van der Waals surface area (Å²) in [6.45, 7) is 2.15. The van der Waals surface area contributed by atoms with Gasteiger partial charge >= 0.3 is 0 Å². The van der Waals surface area contributed by atoms with Crippen molar-refractivity contribution in [3.8, 4) is 0 Å². The first-order valence-corrected chi connectivity index (χ1v) is 3.19. The van der Waals surface area contributed by atoms with Gasteiger partial charge in [-0.3, -0.25) is 4.99 Å². The largest absolute Gasteiger partial charge is 0.287 e. The fraction of sp³-hybridized carbons (Fsp3) is 0.800. The van der Waals surface area contributed by atoms with Gasteiger partial charge in [-0.05, 0) is 19.8 Å². The molecule has 2 heteroatoms. The molecule has 0 spiro atoms. The van der Waals surface area contributed by atoms with Gasteiger partial charge in [-0.2, -0.15) is 0 Å². The molecule has 1 rings (SSSR count). The molecule has 0 N–H and O–H groups in total. The second kappa shape index (κ2) is 1.92. The molecule has 40 valence electrons. The third-order valence-corrected chi connectivity index (χ3v) is 1.64. The molecule has 1 aliphatic heterocycles. The lowest BCUT2D eigenvalue weighted by Gasteiger charge is -1.88. The Morgan fingerprint density at radius 1 is 1.86 bits per heavy atom. The van der Waals surface area contributed by atoms with Crippen molar-refractivity contribution in [3.05, 3.63) is 0 Å². The molecule has 1 heterocycles. The number of hydrogen-bond acceptors (Lipinski definition) is 1. The molecule has 0 saturated heterocycles. The van der Waals surface area contributed by atoms with E-state index in [1.54, 1.807) is 0 Å². The first-order valence-electron chi connectivity index (χ1n) is 2.61. The summed E-state index contributed by atoms with van der Waals surface area (Å²) >= 11 is 0. The molecule has 0 aromatic heterocycles. The van der Waals surface area contributed by atoms with Crippen LogP contribution in [0.3, 0.4) is 0 Å². The quantitative estimate of drug-likeness (QED) is 0.423. The predicted molar refractivity (Wildman–Crippen MR) is 35.8 cm³/mol. The topological polar surface area (TPSA) is 12.4 Å². The maximum absolute atomic E-state index is 4.27. The molecular formula is C5H10NP. The van der Waals surface area contributed by atoms with Crippen molar-refractivity contribution in [2.45, 2.75) is 25.8 Å². The Morgan fingerprint density at radius 3 is 2.71 bits per heavy atom. The lowest BCUT2D eigenvalue weighted by Crippen LogP contribution is -1.86. The Balaban J connectivity index is 2.50. The molecule has 1 aliphatic rings. The van der Waals surface area contributed by atoms with E-state index >= 15 is 0 Å². The van der Waals surface area contributed by atoms with Gasteiger partial charge < -0.3 is 0 Å². The Morgan fingerprint density at radius 2 is 2.57 bits per heavy atom. The predicted octanol–water partition coefficient (Wildman–Crippen LogP) is 1.44. The number of rotatable bonds is 0. The van der Waals surface area contributed by atoms with E-state index in [2.05, 4.69) is 21.2 Å². The summed E-state index contributed by atoms with van der Waals surface area (Å²) in [4.78, 5) is 4.27. The molecule has 2 unspecified atom stereocenters. The van der Waals surface area contributed by atoms with E-state index in [-0.39, 0.29) is 0 Å². The summed E-state index contributed by atoms with van der Waals surface area (Å²) in [5.74, 6) is 0. The van der Waals surface area contributed by atoms with Gasteiger partial charge in [0.25, 0.3) is 0 Å². The highest BCUT2D eigenvalue weighted by Crippen LogP contribution is 2.15. The van der Waals surface area contributed by atoms with Gasteiger partial charge in [0.15, 0.2) is 0 Å². The summed E-state index contributed by atoms with van der Waals surface area (Å²) in [7, 11) is 2.65. The summed E-state index contributed by atoms with van der Waals surface area (Å²) in [6.07, 6.45) is 2.44. The summed E-state index contributed by atoms with van der Waals surface area (Å²) < 4.78 is 0. The van der Waals surface area contributed by atoms with Crippen molar-refractivity contribution < 1.29 is 0 Å². The SMILES string of the molecule is CC1CCC(P)=N1. The maximum atomic E-state index is 4.27. The van der Waals surface area contributed by atoms with Gasteiger partial charge in [-0.25, -0.2) is 0 Å². The zero-order valence-electron chi connectivity index (χ0n) is 4.52. The highest BCUT2D eigenvalue weighted by molar-refractivity contribution is 7.40. The van der Waals surface area contributed by atoms with E-state index in [0.29, 0.717) is 6.04 Å². The summed E-state index contributed by atoms with van der Waals surface area (Å²) in [5, 5.41) is 0. The van der Waals surface area contributed by atoms with Crippen LogP contribution < -0.4 is 0 Å². The van der Waals surface area contributed by atoms with Crippen LogP contribution in [0.2, 0.25) is 0 Å². The first kappa shape index (κ1) is 5.24. The summed E-state index contributed by atoms with van der Waals surface area (Å²) in [6, 6.07) is 0.590. The van der Waals surface area contributed by atoms with Crippen LogP contribution in [0.1, 0.15) is 19.8 Å². The van der Waals surface area contributed by atoms with Crippen molar-refractivity contribution in [2.75, 3.05) is 0 Å². The first-order chi connectivity index (χ1) is 3.29.